The van der Waals surface area contributed by atoms with E-state index in [9.17, 15) is 9.59 Å². The highest BCUT2D eigenvalue weighted by Gasteiger charge is 2.20. The summed E-state index contributed by atoms with van der Waals surface area (Å²) in [7, 11) is 0. The van der Waals surface area contributed by atoms with Gasteiger partial charge in [-0.15, -0.1) is 11.3 Å². The first-order valence-corrected chi connectivity index (χ1v) is 16.5. The number of carbonyl (C=O) groups is 1. The van der Waals surface area contributed by atoms with Crippen LogP contribution in [0.3, 0.4) is 0 Å². The lowest BCUT2D eigenvalue weighted by Gasteiger charge is -2.36. The Balaban J connectivity index is 1.13. The summed E-state index contributed by atoms with van der Waals surface area (Å²) in [5.74, 6) is 0.694. The molecule has 0 unspecified atom stereocenters. The molecule has 4 aromatic rings. The Labute approximate surface area is 253 Å². The van der Waals surface area contributed by atoms with Crippen LogP contribution in [-0.4, -0.2) is 72.8 Å². The van der Waals surface area contributed by atoms with Crippen LogP contribution in [0.5, 0.6) is 5.75 Å². The first-order valence-electron chi connectivity index (χ1n) is 15.6. The summed E-state index contributed by atoms with van der Waals surface area (Å²) in [6, 6.07) is 17.6. The number of ether oxygens (including phenoxy) is 1. The van der Waals surface area contributed by atoms with Gasteiger partial charge in [-0.2, -0.15) is 0 Å². The molecule has 0 aliphatic carbocycles. The minimum Gasteiger partial charge on any atom is -0.494 e. The van der Waals surface area contributed by atoms with E-state index in [2.05, 4.69) is 53.3 Å². The number of rotatable bonds is 13. The molecule has 1 saturated heterocycles. The molecule has 224 valence electrons. The topological polar surface area (TPSA) is 58.0 Å². The molecule has 1 aliphatic heterocycles. The number of thiophene rings is 1. The number of aromatic nitrogens is 1. The monoisotopic (exact) mass is 588 g/mol. The van der Waals surface area contributed by atoms with E-state index in [0.29, 0.717) is 31.0 Å². The van der Waals surface area contributed by atoms with Gasteiger partial charge < -0.3 is 14.5 Å². The molecule has 0 atom stereocenters. The summed E-state index contributed by atoms with van der Waals surface area (Å²) in [4.78, 5) is 33.3. The summed E-state index contributed by atoms with van der Waals surface area (Å²) in [6.07, 6.45) is 5.87. The van der Waals surface area contributed by atoms with Crippen LogP contribution in [0.15, 0.2) is 64.8 Å². The summed E-state index contributed by atoms with van der Waals surface area (Å²) in [6.45, 7) is 11.5. The standard InChI is InChI=1S/C34H44N4O3S/c1-3-5-18-37(19-6-4-2)34(40)38-31-26-28(14-12-27(31)13-15-33(38)39)41-24-8-7-17-35-20-22-36(23-21-35)30-10-9-11-32-29(30)16-25-42-32/h9-16,25-26H,3-8,17-24H2,1-2H3. The van der Waals surface area contributed by atoms with Gasteiger partial charge in [0.25, 0.3) is 5.56 Å². The molecule has 2 aromatic carbocycles. The van der Waals surface area contributed by atoms with E-state index in [1.165, 1.54) is 26.4 Å². The number of carbonyl (C=O) groups excluding carboxylic acids is 1. The first-order chi connectivity index (χ1) is 20.6. The van der Waals surface area contributed by atoms with Gasteiger partial charge in [0.2, 0.25) is 0 Å². The molecule has 7 nitrogen and oxygen atoms in total. The number of unbranched alkanes of at least 4 members (excludes halogenated alkanes) is 3. The second-order valence-corrected chi connectivity index (χ2v) is 12.1. The molecule has 0 spiro atoms. The molecule has 0 radical (unpaired) electrons. The molecule has 5 rings (SSSR count). The number of piperazine rings is 1. The summed E-state index contributed by atoms with van der Waals surface area (Å²) < 4.78 is 8.79. The summed E-state index contributed by atoms with van der Waals surface area (Å²) in [5, 5.41) is 4.41. The number of nitrogens with zero attached hydrogens (tertiary/aromatic N) is 4. The van der Waals surface area contributed by atoms with Crippen LogP contribution in [0.1, 0.15) is 52.4 Å². The number of hydrogen-bond donors (Lipinski definition) is 0. The highest BCUT2D eigenvalue weighted by atomic mass is 32.1. The molecule has 3 heterocycles. The maximum atomic E-state index is 13.5. The zero-order valence-electron chi connectivity index (χ0n) is 25.1. The third kappa shape index (κ3) is 7.16. The lowest BCUT2D eigenvalue weighted by molar-refractivity contribution is 0.198. The van der Waals surface area contributed by atoms with Crippen LogP contribution in [0.4, 0.5) is 10.5 Å². The number of anilines is 1. The van der Waals surface area contributed by atoms with Crippen molar-refractivity contribution in [2.45, 2.75) is 52.4 Å². The summed E-state index contributed by atoms with van der Waals surface area (Å²) in [5.41, 5.74) is 1.67. The van der Waals surface area contributed by atoms with Crippen molar-refractivity contribution in [2.24, 2.45) is 0 Å². The molecule has 2 aromatic heterocycles. The van der Waals surface area contributed by atoms with E-state index in [1.54, 1.807) is 6.07 Å². The number of benzene rings is 2. The molecule has 0 N–H and O–H groups in total. The maximum absolute atomic E-state index is 13.5. The van der Waals surface area contributed by atoms with Crippen molar-refractivity contribution in [3.8, 4) is 5.75 Å². The van der Waals surface area contributed by atoms with Gasteiger partial charge in [0.1, 0.15) is 5.75 Å². The van der Waals surface area contributed by atoms with Gasteiger partial charge in [-0.1, -0.05) is 32.8 Å². The second kappa shape index (κ2) is 14.7. The lowest BCUT2D eigenvalue weighted by Crippen LogP contribution is -2.46. The molecule has 0 bridgehead atoms. The van der Waals surface area contributed by atoms with E-state index in [0.717, 1.165) is 76.6 Å². The molecule has 42 heavy (non-hydrogen) atoms. The van der Waals surface area contributed by atoms with Gasteiger partial charge in [-0.25, -0.2) is 9.36 Å². The van der Waals surface area contributed by atoms with E-state index >= 15 is 0 Å². The predicted octanol–water partition coefficient (Wildman–Crippen LogP) is 7.07. The van der Waals surface area contributed by atoms with Gasteiger partial charge >= 0.3 is 6.03 Å². The van der Waals surface area contributed by atoms with Gasteiger partial charge in [-0.3, -0.25) is 9.69 Å². The van der Waals surface area contributed by atoms with E-state index in [4.69, 9.17) is 4.74 Å². The molecule has 1 fully saturated rings. The highest BCUT2D eigenvalue weighted by molar-refractivity contribution is 7.17. The SMILES string of the molecule is CCCCN(CCCC)C(=O)n1c(=O)ccc2ccc(OCCCCN3CCN(c4cccc5sccc45)CC3)cc21. The van der Waals surface area contributed by atoms with Gasteiger partial charge in [-0.05, 0) is 79.4 Å². The third-order valence-corrected chi connectivity index (χ3v) is 9.10. The Bertz CT molecular complexity index is 1510. The van der Waals surface area contributed by atoms with Crippen LogP contribution in [0, 0.1) is 0 Å². The molecular formula is C34H44N4O3S. The fourth-order valence-electron chi connectivity index (χ4n) is 5.74. The van der Waals surface area contributed by atoms with Crippen molar-refractivity contribution >= 4 is 44.0 Å². The first kappa shape index (κ1) is 30.1. The van der Waals surface area contributed by atoms with E-state index in [1.807, 2.05) is 34.4 Å². The quantitative estimate of drug-likeness (QED) is 0.156. The molecule has 1 aliphatic rings. The highest BCUT2D eigenvalue weighted by Crippen LogP contribution is 2.31. The number of pyridine rings is 1. The largest absolute Gasteiger partial charge is 0.494 e. The Morgan fingerprint density at radius 2 is 1.67 bits per heavy atom. The fourth-order valence-corrected chi connectivity index (χ4v) is 6.54. The zero-order chi connectivity index (χ0) is 29.3. The van der Waals surface area contributed by atoms with Crippen molar-refractivity contribution in [1.82, 2.24) is 14.4 Å². The van der Waals surface area contributed by atoms with Crippen LogP contribution < -0.4 is 15.2 Å². The Morgan fingerprint density at radius 3 is 2.43 bits per heavy atom. The Kier molecular flexibility index (Phi) is 10.5. The average Bonchev–Trinajstić information content (AvgIpc) is 3.50. The van der Waals surface area contributed by atoms with E-state index in [-0.39, 0.29) is 11.6 Å². The fraction of sp³-hybridized carbons (Fsp3) is 0.471. The van der Waals surface area contributed by atoms with E-state index < -0.39 is 0 Å². The molecule has 8 heteroatoms. The van der Waals surface area contributed by atoms with Crippen LogP contribution in [0.25, 0.3) is 21.0 Å². The second-order valence-electron chi connectivity index (χ2n) is 11.2. The normalized spacial score (nSPS) is 14.1. The molecular weight excluding hydrogens is 544 g/mol. The predicted molar refractivity (Wildman–Crippen MR) is 176 cm³/mol. The summed E-state index contributed by atoms with van der Waals surface area (Å²) >= 11 is 1.81. The van der Waals surface area contributed by atoms with Crippen molar-refractivity contribution in [2.75, 3.05) is 57.3 Å². The molecule has 0 saturated carbocycles. The van der Waals surface area contributed by atoms with Gasteiger partial charge in [0.05, 0.1) is 12.1 Å². The van der Waals surface area contributed by atoms with Crippen molar-refractivity contribution < 1.29 is 9.53 Å². The Hall–Kier alpha value is -3.36. The van der Waals surface area contributed by atoms with Crippen LogP contribution >= 0.6 is 11.3 Å². The minimum absolute atomic E-state index is 0.239. The molecule has 1 amide bonds. The van der Waals surface area contributed by atoms with Gasteiger partial charge in [0.15, 0.2) is 0 Å². The van der Waals surface area contributed by atoms with Crippen molar-refractivity contribution in [1.29, 1.82) is 0 Å². The maximum Gasteiger partial charge on any atom is 0.331 e. The van der Waals surface area contributed by atoms with Crippen LogP contribution in [0.2, 0.25) is 0 Å². The Morgan fingerprint density at radius 1 is 0.905 bits per heavy atom. The smallest absolute Gasteiger partial charge is 0.331 e. The third-order valence-electron chi connectivity index (χ3n) is 8.22. The zero-order valence-corrected chi connectivity index (χ0v) is 25.9. The van der Waals surface area contributed by atoms with Crippen molar-refractivity contribution in [3.63, 3.8) is 0 Å². The lowest BCUT2D eigenvalue weighted by atomic mass is 10.2. The minimum atomic E-state index is -0.297. The average molecular weight is 589 g/mol. The van der Waals surface area contributed by atoms with Crippen molar-refractivity contribution in [3.05, 3.63) is 70.3 Å². The van der Waals surface area contributed by atoms with Gasteiger partial charge in [0, 0.05) is 67.2 Å². The van der Waals surface area contributed by atoms with Crippen LogP contribution in [-0.2, 0) is 0 Å². The number of hydrogen-bond acceptors (Lipinski definition) is 6. The number of fused-ring (bicyclic) bond motifs is 2. The number of amides is 1.